The van der Waals surface area contributed by atoms with Crippen molar-refractivity contribution in [3.05, 3.63) is 53.6 Å². The third-order valence-electron chi connectivity index (χ3n) is 3.19. The van der Waals surface area contributed by atoms with Crippen LogP contribution < -0.4 is 10.6 Å². The Bertz CT molecular complexity index is 723. The van der Waals surface area contributed by atoms with E-state index in [-0.39, 0.29) is 30.4 Å². The monoisotopic (exact) mass is 340 g/mol. The predicted molar refractivity (Wildman–Crippen MR) is 79.3 cm³/mol. The number of hydrogen-bond acceptors (Lipinski definition) is 3. The Labute approximate surface area is 135 Å². The number of aryl methyl sites for hydroxylation is 1. The van der Waals surface area contributed by atoms with Crippen LogP contribution in [0.1, 0.15) is 26.5 Å². The quantitative estimate of drug-likeness (QED) is 0.812. The first-order chi connectivity index (χ1) is 11.3. The lowest BCUT2D eigenvalue weighted by Gasteiger charge is -2.09. The lowest BCUT2D eigenvalue weighted by molar-refractivity contribution is -0.137. The van der Waals surface area contributed by atoms with Crippen LogP contribution in [0.4, 0.5) is 13.2 Å². The van der Waals surface area contributed by atoms with Gasteiger partial charge in [-0.15, -0.1) is 0 Å². The molecule has 1 heterocycles. The predicted octanol–water partition coefficient (Wildman–Crippen LogP) is 1.60. The summed E-state index contributed by atoms with van der Waals surface area (Å²) >= 11 is 0. The van der Waals surface area contributed by atoms with Gasteiger partial charge in [0.2, 0.25) is 0 Å². The van der Waals surface area contributed by atoms with E-state index in [1.54, 1.807) is 17.8 Å². The average molecular weight is 340 g/mol. The van der Waals surface area contributed by atoms with Crippen LogP contribution in [0.15, 0.2) is 36.7 Å². The van der Waals surface area contributed by atoms with Crippen LogP contribution in [-0.4, -0.2) is 34.5 Å². The summed E-state index contributed by atoms with van der Waals surface area (Å²) in [5.74, 6) is -0.662. The SMILES string of the molecule is Cn1ccnc1C(=O)NCCNC(=O)c1ccc(C(F)(F)F)cc1. The molecule has 0 unspecified atom stereocenters. The fraction of sp³-hybridized carbons (Fsp3) is 0.267. The van der Waals surface area contributed by atoms with E-state index in [1.807, 2.05) is 0 Å². The first kappa shape index (κ1) is 17.5. The molecule has 0 bridgehead atoms. The molecule has 0 aliphatic heterocycles. The summed E-state index contributed by atoms with van der Waals surface area (Å²) in [5.41, 5.74) is -0.709. The highest BCUT2D eigenvalue weighted by Crippen LogP contribution is 2.28. The largest absolute Gasteiger partial charge is 0.416 e. The first-order valence-electron chi connectivity index (χ1n) is 7.00. The lowest BCUT2D eigenvalue weighted by Crippen LogP contribution is -2.35. The van der Waals surface area contributed by atoms with Gasteiger partial charge in [0.25, 0.3) is 11.8 Å². The van der Waals surface area contributed by atoms with Crippen molar-refractivity contribution in [2.75, 3.05) is 13.1 Å². The van der Waals surface area contributed by atoms with Crippen molar-refractivity contribution >= 4 is 11.8 Å². The molecule has 2 amide bonds. The van der Waals surface area contributed by atoms with E-state index in [0.29, 0.717) is 0 Å². The van der Waals surface area contributed by atoms with E-state index in [2.05, 4.69) is 15.6 Å². The summed E-state index contributed by atoms with van der Waals surface area (Å²) in [7, 11) is 1.67. The number of aromatic nitrogens is 2. The second kappa shape index (κ2) is 7.16. The maximum absolute atomic E-state index is 12.4. The van der Waals surface area contributed by atoms with E-state index in [4.69, 9.17) is 0 Å². The van der Waals surface area contributed by atoms with Crippen LogP contribution in [0.3, 0.4) is 0 Å². The molecule has 6 nitrogen and oxygen atoms in total. The minimum atomic E-state index is -4.44. The Morgan fingerprint density at radius 3 is 2.17 bits per heavy atom. The van der Waals surface area contributed by atoms with Gasteiger partial charge in [0.15, 0.2) is 5.82 Å². The number of carbonyl (C=O) groups is 2. The summed E-state index contributed by atoms with van der Waals surface area (Å²) in [5, 5.41) is 5.09. The lowest BCUT2D eigenvalue weighted by atomic mass is 10.1. The van der Waals surface area contributed by atoms with Crippen LogP contribution >= 0.6 is 0 Å². The Hall–Kier alpha value is -2.84. The second-order valence-electron chi connectivity index (χ2n) is 4.95. The summed E-state index contributed by atoms with van der Waals surface area (Å²) in [6, 6.07) is 3.89. The molecule has 9 heteroatoms. The van der Waals surface area contributed by atoms with Gasteiger partial charge in [0.05, 0.1) is 5.56 Å². The Kier molecular flexibility index (Phi) is 5.22. The number of hydrogen-bond donors (Lipinski definition) is 2. The number of carbonyl (C=O) groups excluding carboxylic acids is 2. The second-order valence-corrected chi connectivity index (χ2v) is 4.95. The molecule has 24 heavy (non-hydrogen) atoms. The van der Waals surface area contributed by atoms with Crippen LogP contribution in [-0.2, 0) is 13.2 Å². The highest BCUT2D eigenvalue weighted by Gasteiger charge is 2.30. The minimum Gasteiger partial charge on any atom is -0.350 e. The van der Waals surface area contributed by atoms with Gasteiger partial charge >= 0.3 is 6.18 Å². The molecule has 0 aliphatic carbocycles. The molecular weight excluding hydrogens is 325 g/mol. The molecule has 0 atom stereocenters. The normalized spacial score (nSPS) is 11.2. The number of alkyl halides is 3. The van der Waals surface area contributed by atoms with E-state index < -0.39 is 17.6 Å². The van der Waals surface area contributed by atoms with Crippen molar-refractivity contribution < 1.29 is 22.8 Å². The zero-order valence-electron chi connectivity index (χ0n) is 12.7. The van der Waals surface area contributed by atoms with Crippen molar-refractivity contribution in [2.24, 2.45) is 7.05 Å². The van der Waals surface area contributed by atoms with E-state index in [0.717, 1.165) is 24.3 Å². The number of amides is 2. The summed E-state index contributed by atoms with van der Waals surface area (Å²) in [6.45, 7) is 0.300. The highest BCUT2D eigenvalue weighted by molar-refractivity contribution is 5.94. The van der Waals surface area contributed by atoms with E-state index in [1.165, 1.54) is 6.20 Å². The van der Waals surface area contributed by atoms with Gasteiger partial charge in [-0.05, 0) is 24.3 Å². The van der Waals surface area contributed by atoms with Crippen molar-refractivity contribution in [1.82, 2.24) is 20.2 Å². The van der Waals surface area contributed by atoms with Gasteiger partial charge in [0, 0.05) is 38.1 Å². The molecule has 1 aromatic carbocycles. The molecule has 128 valence electrons. The number of rotatable bonds is 5. The summed E-state index contributed by atoms with van der Waals surface area (Å²) < 4.78 is 38.9. The fourth-order valence-electron chi connectivity index (χ4n) is 1.93. The van der Waals surface area contributed by atoms with Crippen LogP contribution in [0, 0.1) is 0 Å². The van der Waals surface area contributed by atoms with E-state index >= 15 is 0 Å². The zero-order valence-corrected chi connectivity index (χ0v) is 12.7. The van der Waals surface area contributed by atoms with Crippen molar-refractivity contribution in [2.45, 2.75) is 6.18 Å². The van der Waals surface area contributed by atoms with Gasteiger partial charge in [-0.25, -0.2) is 4.98 Å². The van der Waals surface area contributed by atoms with Crippen molar-refractivity contribution in [3.8, 4) is 0 Å². The Balaban J connectivity index is 1.79. The van der Waals surface area contributed by atoms with E-state index in [9.17, 15) is 22.8 Å². The molecule has 1 aromatic heterocycles. The van der Waals surface area contributed by atoms with Gasteiger partial charge < -0.3 is 15.2 Å². The fourth-order valence-corrected chi connectivity index (χ4v) is 1.93. The number of benzene rings is 1. The first-order valence-corrected chi connectivity index (χ1v) is 7.00. The molecule has 2 aromatic rings. The van der Waals surface area contributed by atoms with Crippen LogP contribution in [0.25, 0.3) is 0 Å². The molecular formula is C15H15F3N4O2. The number of nitrogens with zero attached hydrogens (tertiary/aromatic N) is 2. The Morgan fingerprint density at radius 2 is 1.67 bits per heavy atom. The molecule has 0 radical (unpaired) electrons. The highest BCUT2D eigenvalue weighted by atomic mass is 19.4. The topological polar surface area (TPSA) is 76.0 Å². The molecule has 2 rings (SSSR count). The molecule has 0 spiro atoms. The standard InChI is InChI=1S/C15H15F3N4O2/c1-22-9-8-19-12(22)14(24)21-7-6-20-13(23)10-2-4-11(5-3-10)15(16,17)18/h2-5,8-9H,6-7H2,1H3,(H,20,23)(H,21,24). The average Bonchev–Trinajstić information content (AvgIpc) is 2.96. The molecule has 0 saturated heterocycles. The molecule has 0 saturated carbocycles. The third kappa shape index (κ3) is 4.34. The minimum absolute atomic E-state index is 0.110. The summed E-state index contributed by atoms with van der Waals surface area (Å²) in [6.07, 6.45) is -1.33. The summed E-state index contributed by atoms with van der Waals surface area (Å²) in [4.78, 5) is 27.4. The van der Waals surface area contributed by atoms with Crippen LogP contribution in [0.5, 0.6) is 0 Å². The third-order valence-corrected chi connectivity index (χ3v) is 3.19. The van der Waals surface area contributed by atoms with Crippen LogP contribution in [0.2, 0.25) is 0 Å². The number of nitrogens with one attached hydrogen (secondary N) is 2. The van der Waals surface area contributed by atoms with Gasteiger partial charge in [-0.3, -0.25) is 9.59 Å². The van der Waals surface area contributed by atoms with Gasteiger partial charge in [0.1, 0.15) is 0 Å². The van der Waals surface area contributed by atoms with Crippen molar-refractivity contribution in [3.63, 3.8) is 0 Å². The van der Waals surface area contributed by atoms with Crippen molar-refractivity contribution in [1.29, 1.82) is 0 Å². The maximum atomic E-state index is 12.4. The molecule has 0 fully saturated rings. The smallest absolute Gasteiger partial charge is 0.350 e. The number of imidazole rings is 1. The number of halogens is 3. The zero-order chi connectivity index (χ0) is 17.7. The van der Waals surface area contributed by atoms with Gasteiger partial charge in [-0.1, -0.05) is 0 Å². The van der Waals surface area contributed by atoms with Gasteiger partial charge in [-0.2, -0.15) is 13.2 Å². The Morgan fingerprint density at radius 1 is 1.08 bits per heavy atom. The molecule has 0 aliphatic rings. The molecule has 2 N–H and O–H groups in total. The maximum Gasteiger partial charge on any atom is 0.416 e.